The minimum absolute atomic E-state index is 0.168. The summed E-state index contributed by atoms with van der Waals surface area (Å²) in [5.74, 6) is -0.126. The Kier molecular flexibility index (Phi) is 5.83. The van der Waals surface area contributed by atoms with Gasteiger partial charge in [-0.3, -0.25) is 0 Å². The number of hydrogen-bond donors (Lipinski definition) is 3. The SMILES string of the molecule is CC(C)C(N)CNC(=O)Nc1ccc(OC(F)(F)F)cc1. The number of rotatable bonds is 5. The fourth-order valence-electron chi connectivity index (χ4n) is 1.36. The molecule has 0 aromatic heterocycles. The van der Waals surface area contributed by atoms with Crippen LogP contribution in [0.2, 0.25) is 0 Å². The minimum Gasteiger partial charge on any atom is -0.406 e. The third-order valence-corrected chi connectivity index (χ3v) is 2.70. The van der Waals surface area contributed by atoms with E-state index in [1.54, 1.807) is 0 Å². The third kappa shape index (κ3) is 6.84. The van der Waals surface area contributed by atoms with Gasteiger partial charge < -0.3 is 21.1 Å². The van der Waals surface area contributed by atoms with Crippen molar-refractivity contribution in [2.24, 2.45) is 11.7 Å². The summed E-state index contributed by atoms with van der Waals surface area (Å²) in [6, 6.07) is 4.20. The first-order chi connectivity index (χ1) is 9.67. The van der Waals surface area contributed by atoms with E-state index in [0.29, 0.717) is 12.2 Å². The predicted octanol–water partition coefficient (Wildman–Crippen LogP) is 2.69. The van der Waals surface area contributed by atoms with Crippen molar-refractivity contribution in [1.29, 1.82) is 0 Å². The van der Waals surface area contributed by atoms with E-state index in [1.165, 1.54) is 12.1 Å². The number of alkyl halides is 3. The zero-order chi connectivity index (χ0) is 16.0. The van der Waals surface area contributed by atoms with Crippen LogP contribution in [-0.4, -0.2) is 25.0 Å². The Morgan fingerprint density at radius 3 is 2.33 bits per heavy atom. The first-order valence-corrected chi connectivity index (χ1v) is 6.33. The Labute approximate surface area is 120 Å². The molecule has 1 aromatic carbocycles. The molecule has 0 saturated heterocycles. The van der Waals surface area contributed by atoms with Crippen LogP contribution in [0.4, 0.5) is 23.7 Å². The van der Waals surface area contributed by atoms with E-state index in [2.05, 4.69) is 15.4 Å². The smallest absolute Gasteiger partial charge is 0.406 e. The highest BCUT2D eigenvalue weighted by Gasteiger charge is 2.30. The summed E-state index contributed by atoms with van der Waals surface area (Å²) in [7, 11) is 0. The zero-order valence-corrected chi connectivity index (χ0v) is 11.7. The van der Waals surface area contributed by atoms with Crippen LogP contribution in [0.3, 0.4) is 0 Å². The summed E-state index contributed by atoms with van der Waals surface area (Å²) in [5.41, 5.74) is 6.12. The third-order valence-electron chi connectivity index (χ3n) is 2.70. The van der Waals surface area contributed by atoms with Gasteiger partial charge in [0.25, 0.3) is 0 Å². The van der Waals surface area contributed by atoms with Crippen LogP contribution >= 0.6 is 0 Å². The molecule has 0 radical (unpaired) electrons. The Balaban J connectivity index is 2.46. The first-order valence-electron chi connectivity index (χ1n) is 6.33. The molecule has 1 atom stereocenters. The van der Waals surface area contributed by atoms with E-state index in [1.807, 2.05) is 13.8 Å². The lowest BCUT2D eigenvalue weighted by atomic mass is 10.1. The van der Waals surface area contributed by atoms with Crippen LogP contribution in [0, 0.1) is 5.92 Å². The molecule has 21 heavy (non-hydrogen) atoms. The molecule has 8 heteroatoms. The Morgan fingerprint density at radius 1 is 1.29 bits per heavy atom. The maximum absolute atomic E-state index is 12.0. The van der Waals surface area contributed by atoms with Gasteiger partial charge >= 0.3 is 12.4 Å². The molecule has 0 spiro atoms. The normalized spacial score (nSPS) is 12.9. The van der Waals surface area contributed by atoms with Gasteiger partial charge in [-0.25, -0.2) is 4.79 Å². The molecule has 118 valence electrons. The highest BCUT2D eigenvalue weighted by Crippen LogP contribution is 2.23. The van der Waals surface area contributed by atoms with Crippen molar-refractivity contribution < 1.29 is 22.7 Å². The number of halogens is 3. The number of ether oxygens (including phenoxy) is 1. The number of benzene rings is 1. The van der Waals surface area contributed by atoms with E-state index in [9.17, 15) is 18.0 Å². The maximum atomic E-state index is 12.0. The number of carbonyl (C=O) groups excluding carboxylic acids is 1. The molecule has 0 aliphatic rings. The van der Waals surface area contributed by atoms with Gasteiger partial charge in [-0.15, -0.1) is 13.2 Å². The maximum Gasteiger partial charge on any atom is 0.573 e. The summed E-state index contributed by atoms with van der Waals surface area (Å²) >= 11 is 0. The summed E-state index contributed by atoms with van der Waals surface area (Å²) in [5, 5.41) is 5.06. The van der Waals surface area contributed by atoms with Gasteiger partial charge in [-0.2, -0.15) is 0 Å². The van der Waals surface area contributed by atoms with Gasteiger partial charge in [0.05, 0.1) is 0 Å². The van der Waals surface area contributed by atoms with Crippen LogP contribution in [0.5, 0.6) is 5.75 Å². The highest BCUT2D eigenvalue weighted by molar-refractivity contribution is 5.89. The van der Waals surface area contributed by atoms with Crippen molar-refractivity contribution >= 4 is 11.7 Å². The number of carbonyl (C=O) groups is 1. The lowest BCUT2D eigenvalue weighted by Gasteiger charge is -2.16. The molecule has 1 aromatic rings. The summed E-state index contributed by atoms with van der Waals surface area (Å²) in [6.45, 7) is 4.17. The molecular weight excluding hydrogens is 287 g/mol. The molecule has 0 fully saturated rings. The molecular formula is C13H18F3N3O2. The van der Waals surface area contributed by atoms with Gasteiger partial charge in [0.1, 0.15) is 5.75 Å². The number of hydrogen-bond acceptors (Lipinski definition) is 3. The molecule has 2 amide bonds. The second-order valence-corrected chi connectivity index (χ2v) is 4.82. The van der Waals surface area contributed by atoms with Crippen molar-refractivity contribution in [3.8, 4) is 5.75 Å². The lowest BCUT2D eigenvalue weighted by Crippen LogP contribution is -2.42. The molecule has 0 saturated carbocycles. The first kappa shape index (κ1) is 17.1. The van der Waals surface area contributed by atoms with Gasteiger partial charge in [-0.05, 0) is 30.2 Å². The Hall–Kier alpha value is -1.96. The molecule has 0 aliphatic heterocycles. The van der Waals surface area contributed by atoms with Gasteiger partial charge in [-0.1, -0.05) is 13.8 Å². The number of amides is 2. The summed E-state index contributed by atoms with van der Waals surface area (Å²) < 4.78 is 39.7. The second-order valence-electron chi connectivity index (χ2n) is 4.82. The van der Waals surface area contributed by atoms with Crippen molar-refractivity contribution in [1.82, 2.24) is 5.32 Å². The van der Waals surface area contributed by atoms with E-state index in [0.717, 1.165) is 12.1 Å². The van der Waals surface area contributed by atoms with Crippen LogP contribution < -0.4 is 21.1 Å². The molecule has 4 N–H and O–H groups in total. The summed E-state index contributed by atoms with van der Waals surface area (Å²) in [6.07, 6.45) is -4.74. The van der Waals surface area contributed by atoms with Gasteiger partial charge in [0.2, 0.25) is 0 Å². The molecule has 0 aliphatic carbocycles. The van der Waals surface area contributed by atoms with Crippen LogP contribution in [0.15, 0.2) is 24.3 Å². The zero-order valence-electron chi connectivity index (χ0n) is 11.7. The summed E-state index contributed by atoms with van der Waals surface area (Å²) in [4.78, 5) is 11.6. The lowest BCUT2D eigenvalue weighted by molar-refractivity contribution is -0.274. The highest BCUT2D eigenvalue weighted by atomic mass is 19.4. The fraction of sp³-hybridized carbons (Fsp3) is 0.462. The van der Waals surface area contributed by atoms with Crippen LogP contribution in [-0.2, 0) is 0 Å². The number of nitrogens with one attached hydrogen (secondary N) is 2. The monoisotopic (exact) mass is 305 g/mol. The number of anilines is 1. The van der Waals surface area contributed by atoms with Crippen molar-refractivity contribution in [2.45, 2.75) is 26.3 Å². The molecule has 1 unspecified atom stereocenters. The number of nitrogens with two attached hydrogens (primary N) is 1. The van der Waals surface area contributed by atoms with E-state index in [-0.39, 0.29) is 17.7 Å². The molecule has 1 rings (SSSR count). The standard InChI is InChI=1S/C13H18F3N3O2/c1-8(2)11(17)7-18-12(20)19-9-3-5-10(6-4-9)21-13(14,15)16/h3-6,8,11H,7,17H2,1-2H3,(H2,18,19,20). The van der Waals surface area contributed by atoms with Crippen LogP contribution in [0.1, 0.15) is 13.8 Å². The minimum atomic E-state index is -4.74. The number of urea groups is 1. The largest absolute Gasteiger partial charge is 0.573 e. The average molecular weight is 305 g/mol. The van der Waals surface area contributed by atoms with E-state index >= 15 is 0 Å². The van der Waals surface area contributed by atoms with E-state index in [4.69, 9.17) is 5.73 Å². The van der Waals surface area contributed by atoms with Crippen LogP contribution in [0.25, 0.3) is 0 Å². The molecule has 0 heterocycles. The van der Waals surface area contributed by atoms with E-state index < -0.39 is 12.4 Å². The topological polar surface area (TPSA) is 76.4 Å². The molecule has 0 bridgehead atoms. The molecule has 5 nitrogen and oxygen atoms in total. The Bertz CT molecular complexity index is 461. The van der Waals surface area contributed by atoms with Gasteiger partial charge in [0.15, 0.2) is 0 Å². The van der Waals surface area contributed by atoms with Gasteiger partial charge in [0, 0.05) is 18.3 Å². The second kappa shape index (κ2) is 7.16. The Morgan fingerprint density at radius 2 is 1.86 bits per heavy atom. The van der Waals surface area contributed by atoms with Crippen molar-refractivity contribution in [3.05, 3.63) is 24.3 Å². The van der Waals surface area contributed by atoms with Crippen molar-refractivity contribution in [2.75, 3.05) is 11.9 Å². The fourth-order valence-corrected chi connectivity index (χ4v) is 1.36. The quantitative estimate of drug-likeness (QED) is 0.783. The van der Waals surface area contributed by atoms with Crippen molar-refractivity contribution in [3.63, 3.8) is 0 Å². The predicted molar refractivity (Wildman–Crippen MR) is 73.0 cm³/mol. The average Bonchev–Trinajstić information content (AvgIpc) is 2.36.